The van der Waals surface area contributed by atoms with Crippen molar-refractivity contribution in [3.63, 3.8) is 0 Å². The molecule has 0 unspecified atom stereocenters. The molecule has 0 aliphatic rings. The van der Waals surface area contributed by atoms with Crippen LogP contribution < -0.4 is 10.6 Å². The topological polar surface area (TPSA) is 94.2 Å². The number of hydrogen-bond donors (Lipinski definition) is 4. The highest BCUT2D eigenvalue weighted by Gasteiger charge is 2.13. The van der Waals surface area contributed by atoms with Crippen molar-refractivity contribution in [1.82, 2.24) is 4.98 Å². The molecule has 0 aliphatic heterocycles. The molecule has 4 N–H and O–H groups in total. The first kappa shape index (κ1) is 15.1. The number of H-pyrrole nitrogens is 1. The molecule has 3 rings (SSSR count). The van der Waals surface area contributed by atoms with Gasteiger partial charge in [0.2, 0.25) is 0 Å². The van der Waals surface area contributed by atoms with Crippen LogP contribution in [0.2, 0.25) is 0 Å². The van der Waals surface area contributed by atoms with Crippen LogP contribution in [-0.2, 0) is 0 Å². The van der Waals surface area contributed by atoms with E-state index in [0.29, 0.717) is 10.3 Å². The minimum atomic E-state index is -1.12. The third-order valence-electron chi connectivity index (χ3n) is 3.24. The molecule has 7 heteroatoms. The maximum absolute atomic E-state index is 12.1. The van der Waals surface area contributed by atoms with E-state index < -0.39 is 12.0 Å². The average Bonchev–Trinajstić information content (AvgIpc) is 2.90. The second-order valence-electron chi connectivity index (χ2n) is 4.84. The van der Waals surface area contributed by atoms with Crippen molar-refractivity contribution in [2.75, 3.05) is 10.6 Å². The molecule has 0 aliphatic carbocycles. The van der Waals surface area contributed by atoms with E-state index in [9.17, 15) is 14.7 Å². The lowest BCUT2D eigenvalue weighted by atomic mass is 10.2. The zero-order chi connectivity index (χ0) is 16.4. The molecule has 0 spiro atoms. The summed E-state index contributed by atoms with van der Waals surface area (Å²) in [6.45, 7) is 0. The molecule has 116 valence electrons. The second-order valence-corrected chi connectivity index (χ2v) is 5.76. The Labute approximate surface area is 139 Å². The van der Waals surface area contributed by atoms with Crippen molar-refractivity contribution >= 4 is 50.3 Å². The number of urea groups is 1. The number of aromatic nitrogens is 1. The van der Waals surface area contributed by atoms with Gasteiger partial charge in [0.25, 0.3) is 0 Å². The maximum atomic E-state index is 12.1. The number of carbonyl (C=O) groups excluding carboxylic acids is 1. The number of hydrogen-bond acceptors (Lipinski definition) is 2. The Bertz CT molecular complexity index is 871. The number of benzene rings is 2. The number of anilines is 2. The summed E-state index contributed by atoms with van der Waals surface area (Å²) in [6.07, 6.45) is 0. The van der Waals surface area contributed by atoms with Crippen molar-refractivity contribution in [2.45, 2.75) is 0 Å². The van der Waals surface area contributed by atoms with E-state index in [4.69, 9.17) is 0 Å². The molecule has 6 nitrogen and oxygen atoms in total. The highest BCUT2D eigenvalue weighted by molar-refractivity contribution is 9.10. The van der Waals surface area contributed by atoms with Gasteiger partial charge in [-0.1, -0.05) is 34.1 Å². The van der Waals surface area contributed by atoms with Crippen LogP contribution in [-0.4, -0.2) is 22.1 Å². The standard InChI is InChI=1S/C16H12BrN3O3/c17-10-5-6-13(11(8-10)15(21)22)19-16(23)20-14-7-9-3-1-2-4-12(9)18-14/h1-8,18H,(H,21,22)(H2,19,20,23). The number of carboxylic acid groups (broad SMARTS) is 1. The van der Waals surface area contributed by atoms with Crippen molar-refractivity contribution < 1.29 is 14.7 Å². The van der Waals surface area contributed by atoms with Gasteiger partial charge in [0.15, 0.2) is 0 Å². The largest absolute Gasteiger partial charge is 0.478 e. The van der Waals surface area contributed by atoms with Crippen molar-refractivity contribution in [2.24, 2.45) is 0 Å². The van der Waals surface area contributed by atoms with Crippen LogP contribution in [0.3, 0.4) is 0 Å². The number of aromatic amines is 1. The van der Waals surface area contributed by atoms with Crippen molar-refractivity contribution in [1.29, 1.82) is 0 Å². The first-order chi connectivity index (χ1) is 11.0. The summed E-state index contributed by atoms with van der Waals surface area (Å²) >= 11 is 3.21. The normalized spacial score (nSPS) is 10.5. The van der Waals surface area contributed by atoms with E-state index >= 15 is 0 Å². The number of fused-ring (bicyclic) bond motifs is 1. The van der Waals surface area contributed by atoms with Crippen LogP contribution in [0.1, 0.15) is 10.4 Å². The molecule has 0 atom stereocenters. The molecule has 2 aromatic carbocycles. The predicted octanol–water partition coefficient (Wildman–Crippen LogP) is 4.27. The molecule has 1 aromatic heterocycles. The smallest absolute Gasteiger partial charge is 0.337 e. The van der Waals surface area contributed by atoms with Gasteiger partial charge in [-0.05, 0) is 30.3 Å². The van der Waals surface area contributed by atoms with Gasteiger partial charge in [0.1, 0.15) is 5.82 Å². The summed E-state index contributed by atoms with van der Waals surface area (Å²) in [4.78, 5) is 26.4. The van der Waals surface area contributed by atoms with Crippen LogP contribution in [0.4, 0.5) is 16.3 Å². The molecular weight excluding hydrogens is 362 g/mol. The third kappa shape index (κ3) is 3.35. The lowest BCUT2D eigenvalue weighted by Crippen LogP contribution is -2.21. The molecule has 0 radical (unpaired) electrons. The van der Waals surface area contributed by atoms with Gasteiger partial charge in [-0.2, -0.15) is 0 Å². The SMILES string of the molecule is O=C(Nc1cc2ccccc2[nH]1)Nc1ccc(Br)cc1C(=O)O. The predicted molar refractivity (Wildman–Crippen MR) is 92.0 cm³/mol. The number of rotatable bonds is 3. The Balaban J connectivity index is 1.78. The fraction of sp³-hybridized carbons (Fsp3) is 0. The van der Waals surface area contributed by atoms with Crippen molar-refractivity contribution in [3.8, 4) is 0 Å². The summed E-state index contributed by atoms with van der Waals surface area (Å²) in [7, 11) is 0. The summed E-state index contributed by atoms with van der Waals surface area (Å²) in [6, 6.07) is 13.5. The van der Waals surface area contributed by atoms with Crippen LogP contribution in [0, 0.1) is 0 Å². The number of nitrogens with one attached hydrogen (secondary N) is 3. The number of carboxylic acids is 1. The Morgan fingerprint density at radius 3 is 2.57 bits per heavy atom. The molecule has 0 saturated carbocycles. The van der Waals surface area contributed by atoms with Crippen LogP contribution >= 0.6 is 15.9 Å². The Hall–Kier alpha value is -2.80. The first-order valence-electron chi connectivity index (χ1n) is 6.71. The van der Waals surface area contributed by atoms with Crippen LogP contribution in [0.25, 0.3) is 10.9 Å². The summed E-state index contributed by atoms with van der Waals surface area (Å²) in [5.74, 6) is -0.593. The van der Waals surface area contributed by atoms with Gasteiger partial charge in [-0.15, -0.1) is 0 Å². The Morgan fingerprint density at radius 2 is 1.83 bits per heavy atom. The van der Waals surface area contributed by atoms with Gasteiger partial charge < -0.3 is 15.4 Å². The van der Waals surface area contributed by atoms with E-state index in [-0.39, 0.29) is 11.3 Å². The second kappa shape index (κ2) is 6.13. The highest BCUT2D eigenvalue weighted by atomic mass is 79.9. The highest BCUT2D eigenvalue weighted by Crippen LogP contribution is 2.22. The zero-order valence-electron chi connectivity index (χ0n) is 11.8. The lowest BCUT2D eigenvalue weighted by molar-refractivity contribution is 0.0698. The summed E-state index contributed by atoms with van der Waals surface area (Å²) in [5.41, 5.74) is 1.12. The number of amides is 2. The molecule has 23 heavy (non-hydrogen) atoms. The molecule has 1 heterocycles. The summed E-state index contributed by atoms with van der Waals surface area (Å²) < 4.78 is 0.622. The minimum Gasteiger partial charge on any atom is -0.478 e. The molecule has 0 fully saturated rings. The number of carbonyl (C=O) groups is 2. The fourth-order valence-corrected chi connectivity index (χ4v) is 2.58. The first-order valence-corrected chi connectivity index (χ1v) is 7.51. The molecule has 0 bridgehead atoms. The molecule has 0 saturated heterocycles. The van der Waals surface area contributed by atoms with Gasteiger partial charge in [-0.3, -0.25) is 5.32 Å². The number of halogens is 1. The quantitative estimate of drug-likeness (QED) is 0.551. The van der Waals surface area contributed by atoms with E-state index in [0.717, 1.165) is 10.9 Å². The fourth-order valence-electron chi connectivity index (χ4n) is 2.22. The average molecular weight is 374 g/mol. The van der Waals surface area contributed by atoms with Gasteiger partial charge in [0, 0.05) is 15.4 Å². The Kier molecular flexibility index (Phi) is 4.03. The third-order valence-corrected chi connectivity index (χ3v) is 3.73. The van der Waals surface area contributed by atoms with E-state index in [1.165, 1.54) is 12.1 Å². The number of aromatic carboxylic acids is 1. The van der Waals surface area contributed by atoms with Crippen LogP contribution in [0.5, 0.6) is 0 Å². The Morgan fingerprint density at radius 1 is 1.04 bits per heavy atom. The maximum Gasteiger partial charge on any atom is 0.337 e. The molecular formula is C16H12BrN3O3. The van der Waals surface area contributed by atoms with E-state index in [1.54, 1.807) is 12.1 Å². The monoisotopic (exact) mass is 373 g/mol. The summed E-state index contributed by atoms with van der Waals surface area (Å²) in [5, 5.41) is 15.3. The lowest BCUT2D eigenvalue weighted by Gasteiger charge is -2.09. The van der Waals surface area contributed by atoms with E-state index in [2.05, 4.69) is 31.5 Å². The van der Waals surface area contributed by atoms with Crippen LogP contribution in [0.15, 0.2) is 53.0 Å². The molecule has 2 amide bonds. The number of para-hydroxylation sites is 1. The molecule has 3 aromatic rings. The van der Waals surface area contributed by atoms with E-state index in [1.807, 2.05) is 24.3 Å². The van der Waals surface area contributed by atoms with Gasteiger partial charge >= 0.3 is 12.0 Å². The van der Waals surface area contributed by atoms with Crippen molar-refractivity contribution in [3.05, 3.63) is 58.6 Å². The zero-order valence-corrected chi connectivity index (χ0v) is 13.3. The minimum absolute atomic E-state index is 0.00571. The van der Waals surface area contributed by atoms with Gasteiger partial charge in [-0.25, -0.2) is 9.59 Å². The van der Waals surface area contributed by atoms with Gasteiger partial charge in [0.05, 0.1) is 11.3 Å².